The van der Waals surface area contributed by atoms with Gasteiger partial charge in [0.1, 0.15) is 5.58 Å². The van der Waals surface area contributed by atoms with Crippen LogP contribution in [0.4, 0.5) is 5.69 Å². The van der Waals surface area contributed by atoms with Gasteiger partial charge >= 0.3 is 0 Å². The van der Waals surface area contributed by atoms with Gasteiger partial charge in [0.25, 0.3) is 0 Å². The zero-order valence-corrected chi connectivity index (χ0v) is 8.02. The van der Waals surface area contributed by atoms with Crippen molar-refractivity contribution in [3.05, 3.63) is 34.5 Å². The van der Waals surface area contributed by atoms with Crippen LogP contribution in [0.3, 0.4) is 0 Å². The SMILES string of the molecule is Cc1cc(=S)oc2cc(N)ccc12. The lowest BCUT2D eigenvalue weighted by Gasteiger charge is -2.01. The van der Waals surface area contributed by atoms with Crippen molar-refractivity contribution in [2.24, 2.45) is 0 Å². The fourth-order valence-electron chi connectivity index (χ4n) is 1.34. The fourth-order valence-corrected chi connectivity index (χ4v) is 1.61. The number of rotatable bonds is 0. The topological polar surface area (TPSA) is 39.2 Å². The Hall–Kier alpha value is -1.35. The first-order valence-corrected chi connectivity index (χ1v) is 4.37. The Balaban J connectivity index is 2.94. The van der Waals surface area contributed by atoms with E-state index in [9.17, 15) is 0 Å². The summed E-state index contributed by atoms with van der Waals surface area (Å²) in [7, 11) is 0. The van der Waals surface area contributed by atoms with Crippen molar-refractivity contribution in [1.82, 2.24) is 0 Å². The molecule has 2 nitrogen and oxygen atoms in total. The predicted molar refractivity (Wildman–Crippen MR) is 56.2 cm³/mol. The van der Waals surface area contributed by atoms with Crippen molar-refractivity contribution >= 4 is 28.9 Å². The highest BCUT2D eigenvalue weighted by Gasteiger charge is 1.99. The van der Waals surface area contributed by atoms with Gasteiger partial charge in [0, 0.05) is 17.1 Å². The Kier molecular flexibility index (Phi) is 1.81. The van der Waals surface area contributed by atoms with Gasteiger partial charge in [0.15, 0.2) is 4.71 Å². The first kappa shape index (κ1) is 8.26. The Morgan fingerprint density at radius 3 is 2.85 bits per heavy atom. The molecule has 0 radical (unpaired) electrons. The molecule has 0 fully saturated rings. The Morgan fingerprint density at radius 2 is 2.08 bits per heavy atom. The average molecular weight is 191 g/mol. The summed E-state index contributed by atoms with van der Waals surface area (Å²) in [5.74, 6) is 0. The quantitative estimate of drug-likeness (QED) is 0.514. The third-order valence-electron chi connectivity index (χ3n) is 1.98. The van der Waals surface area contributed by atoms with Crippen LogP contribution in [-0.2, 0) is 0 Å². The van der Waals surface area contributed by atoms with E-state index in [2.05, 4.69) is 0 Å². The number of nitrogens with two attached hydrogens (primary N) is 1. The fraction of sp³-hybridized carbons (Fsp3) is 0.100. The highest BCUT2D eigenvalue weighted by Crippen LogP contribution is 2.21. The maximum Gasteiger partial charge on any atom is 0.191 e. The molecule has 0 unspecified atom stereocenters. The number of anilines is 1. The minimum atomic E-state index is 0.496. The van der Waals surface area contributed by atoms with E-state index in [1.165, 1.54) is 0 Å². The number of fused-ring (bicyclic) bond motifs is 1. The summed E-state index contributed by atoms with van der Waals surface area (Å²) in [6.45, 7) is 2.00. The van der Waals surface area contributed by atoms with Gasteiger partial charge in [-0.1, -0.05) is 0 Å². The molecule has 0 spiro atoms. The zero-order valence-electron chi connectivity index (χ0n) is 7.20. The molecule has 2 aromatic rings. The molecule has 0 saturated heterocycles. The molecule has 0 saturated carbocycles. The smallest absolute Gasteiger partial charge is 0.191 e. The average Bonchev–Trinajstić information content (AvgIpc) is 2.02. The van der Waals surface area contributed by atoms with Crippen LogP contribution in [0.5, 0.6) is 0 Å². The van der Waals surface area contributed by atoms with Gasteiger partial charge in [-0.15, -0.1) is 0 Å². The summed E-state index contributed by atoms with van der Waals surface area (Å²) in [4.78, 5) is 0. The summed E-state index contributed by atoms with van der Waals surface area (Å²) in [6.07, 6.45) is 0. The predicted octanol–water partition coefficient (Wildman–Crippen LogP) is 3.05. The van der Waals surface area contributed by atoms with E-state index in [4.69, 9.17) is 22.4 Å². The first-order valence-electron chi connectivity index (χ1n) is 3.97. The van der Waals surface area contributed by atoms with Gasteiger partial charge in [-0.25, -0.2) is 0 Å². The van der Waals surface area contributed by atoms with Gasteiger partial charge in [0.05, 0.1) is 0 Å². The van der Waals surface area contributed by atoms with Crippen molar-refractivity contribution in [3.8, 4) is 0 Å². The normalized spacial score (nSPS) is 10.5. The molecule has 13 heavy (non-hydrogen) atoms. The van der Waals surface area contributed by atoms with Crippen LogP contribution in [0, 0.1) is 11.6 Å². The number of benzene rings is 1. The van der Waals surface area contributed by atoms with Crippen LogP contribution in [0.15, 0.2) is 28.7 Å². The van der Waals surface area contributed by atoms with Crippen LogP contribution in [0.25, 0.3) is 11.0 Å². The van der Waals surface area contributed by atoms with Crippen LogP contribution >= 0.6 is 12.2 Å². The Labute approximate surface area is 81.0 Å². The van der Waals surface area contributed by atoms with E-state index < -0.39 is 0 Å². The summed E-state index contributed by atoms with van der Waals surface area (Å²) in [5.41, 5.74) is 8.19. The van der Waals surface area contributed by atoms with Crippen LogP contribution in [0.1, 0.15) is 5.56 Å². The van der Waals surface area contributed by atoms with Gasteiger partial charge in [-0.2, -0.15) is 0 Å². The van der Waals surface area contributed by atoms with E-state index in [1.54, 1.807) is 6.07 Å². The summed E-state index contributed by atoms with van der Waals surface area (Å²) < 4.78 is 5.85. The van der Waals surface area contributed by atoms with Crippen LogP contribution in [-0.4, -0.2) is 0 Å². The van der Waals surface area contributed by atoms with Crippen molar-refractivity contribution in [3.63, 3.8) is 0 Å². The van der Waals surface area contributed by atoms with Crippen molar-refractivity contribution in [2.75, 3.05) is 5.73 Å². The van der Waals surface area contributed by atoms with Crippen LogP contribution in [0.2, 0.25) is 0 Å². The van der Waals surface area contributed by atoms with Gasteiger partial charge in [0.2, 0.25) is 0 Å². The highest BCUT2D eigenvalue weighted by molar-refractivity contribution is 7.71. The molecule has 3 heteroatoms. The molecule has 2 N–H and O–H groups in total. The lowest BCUT2D eigenvalue weighted by Crippen LogP contribution is -1.85. The Bertz CT molecular complexity index is 516. The number of aryl methyl sites for hydroxylation is 1. The second kappa shape index (κ2) is 2.85. The van der Waals surface area contributed by atoms with Crippen molar-refractivity contribution in [2.45, 2.75) is 6.92 Å². The molecule has 1 heterocycles. The summed E-state index contributed by atoms with van der Waals surface area (Å²) >= 11 is 4.96. The highest BCUT2D eigenvalue weighted by atomic mass is 32.1. The number of nitrogen functional groups attached to an aromatic ring is 1. The monoisotopic (exact) mass is 191 g/mol. The standard InChI is InChI=1S/C10H9NOS/c1-6-4-10(13)12-9-5-7(11)2-3-8(6)9/h2-5H,11H2,1H3. The number of hydrogen-bond acceptors (Lipinski definition) is 3. The Morgan fingerprint density at radius 1 is 1.31 bits per heavy atom. The second-order valence-electron chi connectivity index (χ2n) is 3.00. The van der Waals surface area contributed by atoms with Gasteiger partial charge < -0.3 is 10.2 Å². The molecule has 1 aromatic carbocycles. The van der Waals surface area contributed by atoms with E-state index in [-0.39, 0.29) is 0 Å². The zero-order chi connectivity index (χ0) is 9.42. The molecule has 0 aliphatic heterocycles. The minimum Gasteiger partial charge on any atom is -0.445 e. The van der Waals surface area contributed by atoms with Crippen LogP contribution < -0.4 is 5.73 Å². The van der Waals surface area contributed by atoms with Gasteiger partial charge in [-0.05, 0) is 42.9 Å². The first-order chi connectivity index (χ1) is 6.16. The van der Waals surface area contributed by atoms with E-state index in [1.807, 2.05) is 25.1 Å². The maximum atomic E-state index is 5.63. The maximum absolute atomic E-state index is 5.63. The molecule has 0 atom stereocenters. The largest absolute Gasteiger partial charge is 0.445 e. The molecule has 0 aliphatic rings. The molecule has 1 aromatic heterocycles. The molecule has 0 amide bonds. The lowest BCUT2D eigenvalue weighted by atomic mass is 10.1. The summed E-state index contributed by atoms with van der Waals surface area (Å²) in [5, 5.41) is 1.06. The molecule has 66 valence electrons. The van der Waals surface area contributed by atoms with E-state index >= 15 is 0 Å². The lowest BCUT2D eigenvalue weighted by molar-refractivity contribution is 0.585. The van der Waals surface area contributed by atoms with E-state index in [0.717, 1.165) is 16.5 Å². The molecule has 2 rings (SSSR count). The van der Waals surface area contributed by atoms with E-state index in [0.29, 0.717) is 10.4 Å². The second-order valence-corrected chi connectivity index (χ2v) is 3.41. The van der Waals surface area contributed by atoms with Crippen molar-refractivity contribution < 1.29 is 4.42 Å². The van der Waals surface area contributed by atoms with Gasteiger partial charge in [-0.3, -0.25) is 0 Å². The summed E-state index contributed by atoms with van der Waals surface area (Å²) in [6, 6.07) is 7.43. The molecular formula is C10H9NOS. The molecule has 0 aliphatic carbocycles. The molecular weight excluding hydrogens is 182 g/mol. The molecule has 0 bridgehead atoms. The third-order valence-corrected chi connectivity index (χ3v) is 2.18. The van der Waals surface area contributed by atoms with Crippen molar-refractivity contribution in [1.29, 1.82) is 0 Å². The minimum absolute atomic E-state index is 0.496. The third kappa shape index (κ3) is 1.42. The number of hydrogen-bond donors (Lipinski definition) is 1.